The maximum atomic E-state index is 10.9. The van der Waals surface area contributed by atoms with Gasteiger partial charge in [-0.1, -0.05) is 13.5 Å². The molecule has 0 fully saturated rings. The minimum Gasteiger partial charge on any atom is -0.457 e. The van der Waals surface area contributed by atoms with Crippen LogP contribution in [0.3, 0.4) is 0 Å². The maximum Gasteiger partial charge on any atom is 0.330 e. The summed E-state index contributed by atoms with van der Waals surface area (Å²) in [5.41, 5.74) is 0. The molecule has 0 aliphatic rings. The van der Waals surface area contributed by atoms with Crippen molar-refractivity contribution in [3.8, 4) is 0 Å². The lowest BCUT2D eigenvalue weighted by atomic mass is 10.2. The van der Waals surface area contributed by atoms with Crippen LogP contribution in [0.25, 0.3) is 0 Å². The predicted molar refractivity (Wildman–Crippen MR) is 57.4 cm³/mol. The summed E-state index contributed by atoms with van der Waals surface area (Å²) in [7, 11) is 0. The van der Waals surface area contributed by atoms with Crippen LogP contribution in [0, 0.1) is 0 Å². The molecule has 0 spiro atoms. The summed E-state index contributed by atoms with van der Waals surface area (Å²) in [4.78, 5) is 10.9. The standard InChI is InChI=1S/C11H20O4/c1-5-10(12)13-9-11(6-2,14-7-3)15-8-4/h5H,1,6-9H2,2-4H3. The van der Waals surface area contributed by atoms with Crippen LogP contribution in [-0.2, 0) is 19.0 Å². The zero-order chi connectivity index (χ0) is 11.7. The summed E-state index contributed by atoms with van der Waals surface area (Å²) in [6.07, 6.45) is 1.75. The van der Waals surface area contributed by atoms with Crippen molar-refractivity contribution in [1.82, 2.24) is 0 Å². The van der Waals surface area contributed by atoms with Crippen LogP contribution >= 0.6 is 0 Å². The van der Waals surface area contributed by atoms with Gasteiger partial charge in [0.2, 0.25) is 5.79 Å². The smallest absolute Gasteiger partial charge is 0.330 e. The maximum absolute atomic E-state index is 10.9. The minimum absolute atomic E-state index is 0.0933. The summed E-state index contributed by atoms with van der Waals surface area (Å²) in [6.45, 7) is 10.1. The van der Waals surface area contributed by atoms with Crippen LogP contribution in [0.2, 0.25) is 0 Å². The van der Waals surface area contributed by atoms with Gasteiger partial charge in [0.05, 0.1) is 0 Å². The van der Waals surface area contributed by atoms with Gasteiger partial charge in [-0.25, -0.2) is 4.79 Å². The Hall–Kier alpha value is -0.870. The first-order valence-corrected chi connectivity index (χ1v) is 5.21. The van der Waals surface area contributed by atoms with Crippen molar-refractivity contribution in [2.75, 3.05) is 19.8 Å². The van der Waals surface area contributed by atoms with Crippen LogP contribution in [0.4, 0.5) is 0 Å². The van der Waals surface area contributed by atoms with E-state index in [1.807, 2.05) is 20.8 Å². The molecule has 0 amide bonds. The largest absolute Gasteiger partial charge is 0.457 e. The SMILES string of the molecule is C=CC(=O)OCC(CC)(OCC)OCC. The fourth-order valence-electron chi connectivity index (χ4n) is 1.20. The van der Waals surface area contributed by atoms with E-state index in [4.69, 9.17) is 14.2 Å². The minimum atomic E-state index is -0.817. The third-order valence-electron chi connectivity index (χ3n) is 1.95. The molecule has 0 aliphatic carbocycles. The number of carbonyl (C=O) groups excluding carboxylic acids is 1. The third kappa shape index (κ3) is 4.95. The first-order valence-electron chi connectivity index (χ1n) is 5.21. The van der Waals surface area contributed by atoms with Crippen LogP contribution < -0.4 is 0 Å². The monoisotopic (exact) mass is 216 g/mol. The molecule has 15 heavy (non-hydrogen) atoms. The zero-order valence-electron chi connectivity index (χ0n) is 9.75. The van der Waals surface area contributed by atoms with E-state index in [1.165, 1.54) is 0 Å². The molecule has 0 aromatic heterocycles. The molecule has 0 unspecified atom stereocenters. The molecule has 0 atom stereocenters. The van der Waals surface area contributed by atoms with Crippen molar-refractivity contribution >= 4 is 5.97 Å². The van der Waals surface area contributed by atoms with Crippen LogP contribution in [-0.4, -0.2) is 31.6 Å². The molecule has 0 bridgehead atoms. The van der Waals surface area contributed by atoms with Crippen molar-refractivity contribution in [3.05, 3.63) is 12.7 Å². The summed E-state index contributed by atoms with van der Waals surface area (Å²) in [5, 5.41) is 0. The van der Waals surface area contributed by atoms with Crippen molar-refractivity contribution < 1.29 is 19.0 Å². The summed E-state index contributed by atoms with van der Waals surface area (Å²) in [6, 6.07) is 0. The normalized spacial score (nSPS) is 11.1. The van der Waals surface area contributed by atoms with Gasteiger partial charge in [0.1, 0.15) is 6.61 Å². The van der Waals surface area contributed by atoms with Gasteiger partial charge in [-0.05, 0) is 13.8 Å². The van der Waals surface area contributed by atoms with Crippen molar-refractivity contribution in [2.24, 2.45) is 0 Å². The average molecular weight is 216 g/mol. The lowest BCUT2D eigenvalue weighted by Gasteiger charge is -2.31. The van der Waals surface area contributed by atoms with Gasteiger partial charge in [-0.15, -0.1) is 0 Å². The van der Waals surface area contributed by atoms with Crippen LogP contribution in [0.15, 0.2) is 12.7 Å². The van der Waals surface area contributed by atoms with Crippen LogP contribution in [0.5, 0.6) is 0 Å². The molecule has 88 valence electrons. The molecule has 0 rings (SSSR count). The highest BCUT2D eigenvalue weighted by molar-refractivity contribution is 5.81. The Morgan fingerprint density at radius 2 is 1.80 bits per heavy atom. The Balaban J connectivity index is 4.31. The molecule has 0 heterocycles. The van der Waals surface area contributed by atoms with Gasteiger partial charge in [-0.2, -0.15) is 0 Å². The Morgan fingerprint density at radius 1 is 1.27 bits per heavy atom. The number of hydrogen-bond acceptors (Lipinski definition) is 4. The Morgan fingerprint density at radius 3 is 2.13 bits per heavy atom. The predicted octanol–water partition coefficient (Wildman–Crippen LogP) is 1.89. The zero-order valence-corrected chi connectivity index (χ0v) is 9.75. The van der Waals surface area contributed by atoms with Crippen molar-refractivity contribution in [1.29, 1.82) is 0 Å². The first-order chi connectivity index (χ1) is 7.14. The average Bonchev–Trinajstić information content (AvgIpc) is 2.26. The highest BCUT2D eigenvalue weighted by Gasteiger charge is 2.30. The second-order valence-corrected chi connectivity index (χ2v) is 2.94. The molecule has 0 radical (unpaired) electrons. The molecule has 4 nitrogen and oxygen atoms in total. The summed E-state index contributed by atoms with van der Waals surface area (Å²) in [5.74, 6) is -1.28. The van der Waals surface area contributed by atoms with Gasteiger partial charge >= 0.3 is 5.97 Å². The van der Waals surface area contributed by atoms with E-state index in [1.54, 1.807) is 0 Å². The van der Waals surface area contributed by atoms with E-state index in [0.29, 0.717) is 19.6 Å². The number of esters is 1. The van der Waals surface area contributed by atoms with Gasteiger partial charge in [0, 0.05) is 25.7 Å². The lowest BCUT2D eigenvalue weighted by molar-refractivity contribution is -0.255. The van der Waals surface area contributed by atoms with Gasteiger partial charge in [0.25, 0.3) is 0 Å². The number of carbonyl (C=O) groups is 1. The number of rotatable bonds is 8. The molecule has 0 aromatic rings. The highest BCUT2D eigenvalue weighted by atomic mass is 16.7. The van der Waals surface area contributed by atoms with Crippen molar-refractivity contribution in [3.63, 3.8) is 0 Å². The second-order valence-electron chi connectivity index (χ2n) is 2.94. The van der Waals surface area contributed by atoms with Gasteiger partial charge < -0.3 is 14.2 Å². The Labute approximate surface area is 91.2 Å². The quantitative estimate of drug-likeness (QED) is 0.353. The lowest BCUT2D eigenvalue weighted by Crippen LogP contribution is -2.41. The van der Waals surface area contributed by atoms with E-state index in [9.17, 15) is 4.79 Å². The van der Waals surface area contributed by atoms with E-state index in [0.717, 1.165) is 6.08 Å². The highest BCUT2D eigenvalue weighted by Crippen LogP contribution is 2.18. The Bertz CT molecular complexity index is 195. The molecular formula is C11H20O4. The van der Waals surface area contributed by atoms with E-state index >= 15 is 0 Å². The van der Waals surface area contributed by atoms with E-state index < -0.39 is 11.8 Å². The van der Waals surface area contributed by atoms with E-state index in [-0.39, 0.29) is 6.61 Å². The second kappa shape index (κ2) is 7.43. The molecule has 0 aliphatic heterocycles. The summed E-state index contributed by atoms with van der Waals surface area (Å²) < 4.78 is 15.9. The molecule has 0 saturated carbocycles. The van der Waals surface area contributed by atoms with Gasteiger partial charge in [-0.3, -0.25) is 0 Å². The molecule has 0 N–H and O–H groups in total. The van der Waals surface area contributed by atoms with Crippen LogP contribution in [0.1, 0.15) is 27.2 Å². The third-order valence-corrected chi connectivity index (χ3v) is 1.95. The molecular weight excluding hydrogens is 196 g/mol. The molecule has 0 saturated heterocycles. The van der Waals surface area contributed by atoms with Gasteiger partial charge in [0.15, 0.2) is 0 Å². The molecule has 4 heteroatoms. The number of ether oxygens (including phenoxy) is 3. The fraction of sp³-hybridized carbons (Fsp3) is 0.727. The first kappa shape index (κ1) is 14.1. The fourth-order valence-corrected chi connectivity index (χ4v) is 1.20. The summed E-state index contributed by atoms with van der Waals surface area (Å²) >= 11 is 0. The molecule has 0 aromatic carbocycles. The number of hydrogen-bond donors (Lipinski definition) is 0. The Kier molecular flexibility index (Phi) is 6.99. The topological polar surface area (TPSA) is 44.8 Å². The van der Waals surface area contributed by atoms with E-state index in [2.05, 4.69) is 6.58 Å². The van der Waals surface area contributed by atoms with Crippen molar-refractivity contribution in [2.45, 2.75) is 33.0 Å².